The van der Waals surface area contributed by atoms with Crippen molar-refractivity contribution >= 4 is 5.82 Å². The van der Waals surface area contributed by atoms with E-state index in [1.54, 1.807) is 6.07 Å². The smallest absolute Gasteiger partial charge is 0.252 e. The topological polar surface area (TPSA) is 61.0 Å². The van der Waals surface area contributed by atoms with E-state index in [9.17, 15) is 4.79 Å². The second-order valence-electron chi connectivity index (χ2n) is 6.24. The summed E-state index contributed by atoms with van der Waals surface area (Å²) in [6, 6.07) is 1.56. The first-order chi connectivity index (χ1) is 9.70. The first-order valence-corrected chi connectivity index (χ1v) is 7.78. The van der Waals surface area contributed by atoms with Crippen molar-refractivity contribution in [2.75, 3.05) is 31.5 Å². The number of aromatic amines is 1. The molecule has 0 spiro atoms. The molecule has 0 bridgehead atoms. The number of likely N-dealkylation sites (tertiary alicyclic amines) is 1. The standard InChI is InChI=1S/C15H24N4O/c1-11-4-7-19(8-5-11)9-6-16-13-10-14(20)18-15(17-13)12-2-3-12/h10-12H,2-9H2,1H3,(H2,16,17,18,20). The molecule has 1 aromatic heterocycles. The Morgan fingerprint density at radius 2 is 2.10 bits per heavy atom. The molecule has 2 aliphatic rings. The van der Waals surface area contributed by atoms with Crippen molar-refractivity contribution in [3.8, 4) is 0 Å². The van der Waals surface area contributed by atoms with Gasteiger partial charge in [0, 0.05) is 25.1 Å². The zero-order valence-corrected chi connectivity index (χ0v) is 12.2. The van der Waals surface area contributed by atoms with E-state index in [4.69, 9.17) is 0 Å². The monoisotopic (exact) mass is 276 g/mol. The first kappa shape index (κ1) is 13.6. The van der Waals surface area contributed by atoms with Gasteiger partial charge < -0.3 is 15.2 Å². The second kappa shape index (κ2) is 5.95. The van der Waals surface area contributed by atoms with Gasteiger partial charge in [0.05, 0.1) is 0 Å². The van der Waals surface area contributed by atoms with Gasteiger partial charge in [-0.05, 0) is 44.7 Å². The average Bonchev–Trinajstić information content (AvgIpc) is 3.25. The van der Waals surface area contributed by atoms with Crippen molar-refractivity contribution in [1.82, 2.24) is 14.9 Å². The first-order valence-electron chi connectivity index (χ1n) is 7.78. The third-order valence-corrected chi connectivity index (χ3v) is 4.33. The minimum Gasteiger partial charge on any atom is -0.369 e. The van der Waals surface area contributed by atoms with Crippen molar-refractivity contribution in [3.63, 3.8) is 0 Å². The van der Waals surface area contributed by atoms with Gasteiger partial charge in [-0.1, -0.05) is 6.92 Å². The van der Waals surface area contributed by atoms with Crippen molar-refractivity contribution < 1.29 is 0 Å². The van der Waals surface area contributed by atoms with Crippen LogP contribution in [0.4, 0.5) is 5.82 Å². The molecule has 1 aromatic rings. The molecule has 0 unspecified atom stereocenters. The van der Waals surface area contributed by atoms with Gasteiger partial charge in [-0.15, -0.1) is 0 Å². The number of anilines is 1. The van der Waals surface area contributed by atoms with Crippen LogP contribution in [0.25, 0.3) is 0 Å². The van der Waals surface area contributed by atoms with Crippen LogP contribution in [0.15, 0.2) is 10.9 Å². The fraction of sp³-hybridized carbons (Fsp3) is 0.733. The molecule has 1 saturated carbocycles. The maximum absolute atomic E-state index is 11.6. The molecule has 20 heavy (non-hydrogen) atoms. The third-order valence-electron chi connectivity index (χ3n) is 4.33. The summed E-state index contributed by atoms with van der Waals surface area (Å²) in [7, 11) is 0. The number of piperidine rings is 1. The van der Waals surface area contributed by atoms with Crippen LogP contribution >= 0.6 is 0 Å². The molecule has 3 rings (SSSR count). The Bertz CT molecular complexity index is 501. The number of nitrogens with one attached hydrogen (secondary N) is 2. The van der Waals surface area contributed by atoms with E-state index in [2.05, 4.69) is 27.1 Å². The van der Waals surface area contributed by atoms with Gasteiger partial charge >= 0.3 is 0 Å². The zero-order chi connectivity index (χ0) is 13.9. The molecule has 5 nitrogen and oxygen atoms in total. The second-order valence-corrected chi connectivity index (χ2v) is 6.24. The Morgan fingerprint density at radius 1 is 1.35 bits per heavy atom. The van der Waals surface area contributed by atoms with E-state index < -0.39 is 0 Å². The largest absolute Gasteiger partial charge is 0.369 e. The lowest BCUT2D eigenvalue weighted by Gasteiger charge is -2.30. The number of hydrogen-bond donors (Lipinski definition) is 2. The van der Waals surface area contributed by atoms with Gasteiger partial charge in [-0.2, -0.15) is 0 Å². The van der Waals surface area contributed by atoms with Gasteiger partial charge in [0.15, 0.2) is 0 Å². The molecular formula is C15H24N4O. The normalized spacial score (nSPS) is 21.1. The Kier molecular flexibility index (Phi) is 4.05. The number of H-pyrrole nitrogens is 1. The molecule has 2 fully saturated rings. The van der Waals surface area contributed by atoms with Gasteiger partial charge in [0.2, 0.25) is 0 Å². The van der Waals surface area contributed by atoms with E-state index in [1.807, 2.05) is 0 Å². The molecule has 5 heteroatoms. The number of nitrogens with zero attached hydrogens (tertiary/aromatic N) is 2. The molecule has 0 radical (unpaired) electrons. The number of rotatable bonds is 5. The van der Waals surface area contributed by atoms with E-state index in [-0.39, 0.29) is 5.56 Å². The summed E-state index contributed by atoms with van der Waals surface area (Å²) >= 11 is 0. The lowest BCUT2D eigenvalue weighted by molar-refractivity contribution is 0.199. The summed E-state index contributed by atoms with van der Waals surface area (Å²) in [6.45, 7) is 6.60. The molecule has 1 saturated heterocycles. The predicted octanol–water partition coefficient (Wildman–Crippen LogP) is 1.79. The Balaban J connectivity index is 1.49. The number of aromatic nitrogens is 2. The number of hydrogen-bond acceptors (Lipinski definition) is 4. The van der Waals surface area contributed by atoms with E-state index in [1.165, 1.54) is 25.9 Å². The zero-order valence-electron chi connectivity index (χ0n) is 12.2. The molecule has 2 heterocycles. The lowest BCUT2D eigenvalue weighted by atomic mass is 9.99. The molecule has 1 aliphatic heterocycles. The van der Waals surface area contributed by atoms with Gasteiger partial charge in [0.25, 0.3) is 5.56 Å². The molecule has 0 aromatic carbocycles. The van der Waals surface area contributed by atoms with E-state index >= 15 is 0 Å². The summed E-state index contributed by atoms with van der Waals surface area (Å²) in [5, 5.41) is 3.29. The van der Waals surface area contributed by atoms with Gasteiger partial charge in [-0.3, -0.25) is 4.79 Å². The summed E-state index contributed by atoms with van der Waals surface area (Å²) in [5.41, 5.74) is -0.0452. The minimum absolute atomic E-state index is 0.0452. The van der Waals surface area contributed by atoms with Crippen LogP contribution in [0, 0.1) is 5.92 Å². The highest BCUT2D eigenvalue weighted by Gasteiger charge is 2.26. The average molecular weight is 276 g/mol. The molecule has 110 valence electrons. The molecule has 0 atom stereocenters. The summed E-state index contributed by atoms with van der Waals surface area (Å²) < 4.78 is 0. The summed E-state index contributed by atoms with van der Waals surface area (Å²) in [5.74, 6) is 2.93. The summed E-state index contributed by atoms with van der Waals surface area (Å²) in [6.07, 6.45) is 4.90. The maximum Gasteiger partial charge on any atom is 0.252 e. The third kappa shape index (κ3) is 3.60. The highest BCUT2D eigenvalue weighted by Crippen LogP contribution is 2.37. The molecule has 0 amide bonds. The van der Waals surface area contributed by atoms with Crippen LogP contribution in [0.1, 0.15) is 44.3 Å². The van der Waals surface area contributed by atoms with Crippen LogP contribution in [0.2, 0.25) is 0 Å². The van der Waals surface area contributed by atoms with Crippen molar-refractivity contribution in [3.05, 3.63) is 22.2 Å². The maximum atomic E-state index is 11.6. The van der Waals surface area contributed by atoms with Crippen LogP contribution in [0.5, 0.6) is 0 Å². The Morgan fingerprint density at radius 3 is 2.80 bits per heavy atom. The fourth-order valence-electron chi connectivity index (χ4n) is 2.74. The minimum atomic E-state index is -0.0452. The van der Waals surface area contributed by atoms with E-state index in [0.717, 1.165) is 43.5 Å². The van der Waals surface area contributed by atoms with E-state index in [0.29, 0.717) is 5.92 Å². The Labute approximate surface area is 119 Å². The SMILES string of the molecule is CC1CCN(CCNc2cc(=O)[nH]c(C3CC3)n2)CC1. The Hall–Kier alpha value is -1.36. The molecule has 2 N–H and O–H groups in total. The van der Waals surface area contributed by atoms with Gasteiger partial charge in [-0.25, -0.2) is 4.98 Å². The lowest BCUT2D eigenvalue weighted by Crippen LogP contribution is -2.36. The van der Waals surface area contributed by atoms with Crippen LogP contribution in [-0.2, 0) is 0 Å². The van der Waals surface area contributed by atoms with Crippen molar-refractivity contribution in [2.45, 2.75) is 38.5 Å². The van der Waals surface area contributed by atoms with Crippen molar-refractivity contribution in [2.24, 2.45) is 5.92 Å². The highest BCUT2D eigenvalue weighted by molar-refractivity contribution is 5.33. The van der Waals surface area contributed by atoms with Crippen LogP contribution < -0.4 is 10.9 Å². The highest BCUT2D eigenvalue weighted by atomic mass is 16.1. The predicted molar refractivity (Wildman–Crippen MR) is 80.2 cm³/mol. The van der Waals surface area contributed by atoms with Crippen LogP contribution in [0.3, 0.4) is 0 Å². The molecular weight excluding hydrogens is 252 g/mol. The summed E-state index contributed by atoms with van der Waals surface area (Å²) in [4.78, 5) is 21.4. The fourth-order valence-corrected chi connectivity index (χ4v) is 2.74. The van der Waals surface area contributed by atoms with Gasteiger partial charge in [0.1, 0.15) is 11.6 Å². The quantitative estimate of drug-likeness (QED) is 0.861. The van der Waals surface area contributed by atoms with Crippen LogP contribution in [-0.4, -0.2) is 41.0 Å². The van der Waals surface area contributed by atoms with Crippen molar-refractivity contribution in [1.29, 1.82) is 0 Å². The molecule has 1 aliphatic carbocycles.